The fourth-order valence-electron chi connectivity index (χ4n) is 3.19. The van der Waals surface area contributed by atoms with E-state index in [9.17, 15) is 9.59 Å². The lowest BCUT2D eigenvalue weighted by Crippen LogP contribution is -2.26. The van der Waals surface area contributed by atoms with E-state index in [0.717, 1.165) is 22.2 Å². The molecule has 2 aromatic heterocycles. The molecule has 0 unspecified atom stereocenters. The van der Waals surface area contributed by atoms with Crippen LogP contribution in [0.4, 0.5) is 5.00 Å². The molecule has 3 rings (SSSR count). The largest absolute Gasteiger partial charge is 0.465 e. The average Bonchev–Trinajstić information content (AvgIpc) is 2.97. The highest BCUT2D eigenvalue weighted by Gasteiger charge is 2.19. The second-order valence-corrected chi connectivity index (χ2v) is 7.20. The first-order valence-electron chi connectivity index (χ1n) is 7.95. The number of nitrogens with zero attached hydrogens (tertiary/aromatic N) is 1. The molecule has 1 saturated carbocycles. The third kappa shape index (κ3) is 3.42. The van der Waals surface area contributed by atoms with Crippen molar-refractivity contribution in [1.29, 1.82) is 0 Å². The number of carbonyl (C=O) groups is 1. The van der Waals surface area contributed by atoms with Gasteiger partial charge >= 0.3 is 11.6 Å². The van der Waals surface area contributed by atoms with E-state index in [1.54, 1.807) is 6.07 Å². The van der Waals surface area contributed by atoms with Crippen LogP contribution >= 0.6 is 11.3 Å². The van der Waals surface area contributed by atoms with E-state index in [2.05, 4.69) is 16.7 Å². The molecule has 0 atom stereocenters. The monoisotopic (exact) mass is 335 g/mol. The first kappa shape index (κ1) is 16.1. The molecule has 0 amide bonds. The van der Waals surface area contributed by atoms with E-state index in [1.165, 1.54) is 50.6 Å². The molecule has 0 N–H and O–H groups in total. The first-order valence-corrected chi connectivity index (χ1v) is 8.77. The highest BCUT2D eigenvalue weighted by molar-refractivity contribution is 7.22. The minimum atomic E-state index is -0.661. The minimum Gasteiger partial charge on any atom is -0.465 e. The molecule has 124 valence electrons. The van der Waals surface area contributed by atoms with Gasteiger partial charge in [0.2, 0.25) is 0 Å². The van der Waals surface area contributed by atoms with Crippen molar-refractivity contribution in [3.63, 3.8) is 0 Å². The van der Waals surface area contributed by atoms with Crippen molar-refractivity contribution in [3.05, 3.63) is 28.1 Å². The van der Waals surface area contributed by atoms with Crippen molar-refractivity contribution in [2.24, 2.45) is 5.92 Å². The Bertz CT molecular complexity index is 758. The summed E-state index contributed by atoms with van der Waals surface area (Å²) >= 11 is 1.53. The molecule has 0 bridgehead atoms. The summed E-state index contributed by atoms with van der Waals surface area (Å²) in [5.74, 6) is 0.0720. The maximum absolute atomic E-state index is 11.9. The summed E-state index contributed by atoms with van der Waals surface area (Å²) in [6.45, 7) is 1.01. The molecule has 0 radical (unpaired) electrons. The van der Waals surface area contributed by atoms with Crippen LogP contribution in [0.15, 0.2) is 21.3 Å². The molecule has 6 heteroatoms. The zero-order valence-corrected chi connectivity index (χ0v) is 14.3. The molecule has 2 aromatic rings. The Hall–Kier alpha value is -1.82. The van der Waals surface area contributed by atoms with Gasteiger partial charge in [0.25, 0.3) is 0 Å². The van der Waals surface area contributed by atoms with Crippen LogP contribution in [0.2, 0.25) is 0 Å². The van der Waals surface area contributed by atoms with Gasteiger partial charge in [0, 0.05) is 19.7 Å². The van der Waals surface area contributed by atoms with Crippen molar-refractivity contribution in [2.45, 2.75) is 32.1 Å². The van der Waals surface area contributed by atoms with E-state index in [0.29, 0.717) is 5.58 Å². The van der Waals surface area contributed by atoms with Crippen LogP contribution in [-0.4, -0.2) is 26.7 Å². The summed E-state index contributed by atoms with van der Waals surface area (Å²) < 4.78 is 10.7. The van der Waals surface area contributed by atoms with Gasteiger partial charge in [0.15, 0.2) is 5.58 Å². The quantitative estimate of drug-likeness (QED) is 0.798. The van der Waals surface area contributed by atoms with Crippen LogP contribution in [-0.2, 0) is 4.74 Å². The van der Waals surface area contributed by atoms with E-state index >= 15 is 0 Å². The average molecular weight is 335 g/mol. The van der Waals surface area contributed by atoms with Crippen LogP contribution in [0.3, 0.4) is 0 Å². The Balaban J connectivity index is 1.84. The summed E-state index contributed by atoms with van der Waals surface area (Å²) in [6, 6.07) is 3.45. The molecule has 1 fully saturated rings. The summed E-state index contributed by atoms with van der Waals surface area (Å²) in [4.78, 5) is 25.7. The zero-order valence-electron chi connectivity index (χ0n) is 13.5. The SMILES string of the molecule is COC(=O)c1cc2sc(N(C)CC3CCCCC3)cc2oc1=O. The van der Waals surface area contributed by atoms with Gasteiger partial charge in [0.1, 0.15) is 5.56 Å². The zero-order chi connectivity index (χ0) is 16.4. The molecular weight excluding hydrogens is 314 g/mol. The maximum atomic E-state index is 11.9. The second-order valence-electron chi connectivity index (χ2n) is 6.14. The molecule has 0 spiro atoms. The smallest absolute Gasteiger partial charge is 0.351 e. The summed E-state index contributed by atoms with van der Waals surface area (Å²) in [5.41, 5.74) is -0.176. The normalized spacial score (nSPS) is 15.7. The van der Waals surface area contributed by atoms with Crippen LogP contribution in [0.1, 0.15) is 42.5 Å². The van der Waals surface area contributed by atoms with Crippen molar-refractivity contribution in [3.8, 4) is 0 Å². The molecule has 2 heterocycles. The number of ether oxygens (including phenoxy) is 1. The number of esters is 1. The Kier molecular flexibility index (Phi) is 4.71. The molecule has 0 saturated heterocycles. The van der Waals surface area contributed by atoms with Crippen LogP contribution < -0.4 is 10.5 Å². The third-order valence-corrected chi connectivity index (χ3v) is 5.63. The lowest BCUT2D eigenvalue weighted by atomic mass is 9.89. The maximum Gasteiger partial charge on any atom is 0.351 e. The fraction of sp³-hybridized carbons (Fsp3) is 0.529. The van der Waals surface area contributed by atoms with Gasteiger partial charge in [-0.15, -0.1) is 11.3 Å². The number of carbonyl (C=O) groups excluding carboxylic acids is 1. The van der Waals surface area contributed by atoms with E-state index in [1.807, 2.05) is 6.07 Å². The number of anilines is 1. The van der Waals surface area contributed by atoms with E-state index < -0.39 is 11.6 Å². The van der Waals surface area contributed by atoms with Gasteiger partial charge in [-0.1, -0.05) is 19.3 Å². The molecule has 0 aromatic carbocycles. The number of rotatable bonds is 4. The number of methoxy groups -OCH3 is 1. The fourth-order valence-corrected chi connectivity index (χ4v) is 4.19. The Labute approximate surface area is 138 Å². The Morgan fingerprint density at radius 2 is 2.09 bits per heavy atom. The topological polar surface area (TPSA) is 59.8 Å². The van der Waals surface area contributed by atoms with E-state index in [4.69, 9.17) is 4.42 Å². The van der Waals surface area contributed by atoms with Gasteiger partial charge in [-0.3, -0.25) is 0 Å². The van der Waals surface area contributed by atoms with Crippen molar-refractivity contribution in [2.75, 3.05) is 25.6 Å². The second kappa shape index (κ2) is 6.74. The number of fused-ring (bicyclic) bond motifs is 1. The van der Waals surface area contributed by atoms with Gasteiger partial charge in [-0.2, -0.15) is 0 Å². The molecule has 0 aliphatic heterocycles. The Morgan fingerprint density at radius 3 is 2.78 bits per heavy atom. The predicted octanol–water partition coefficient (Wildman–Crippen LogP) is 3.66. The summed E-state index contributed by atoms with van der Waals surface area (Å²) in [5, 5.41) is 1.05. The van der Waals surface area contributed by atoms with Gasteiger partial charge in [-0.05, 0) is 24.8 Å². The van der Waals surface area contributed by atoms with Gasteiger partial charge in [0.05, 0.1) is 16.8 Å². The van der Waals surface area contributed by atoms with Crippen LogP contribution in [0.5, 0.6) is 0 Å². The molecule has 1 aliphatic rings. The summed E-state index contributed by atoms with van der Waals surface area (Å²) in [7, 11) is 3.32. The lowest BCUT2D eigenvalue weighted by Gasteiger charge is -2.27. The summed E-state index contributed by atoms with van der Waals surface area (Å²) in [6.07, 6.45) is 6.57. The van der Waals surface area contributed by atoms with Crippen molar-refractivity contribution >= 4 is 32.6 Å². The van der Waals surface area contributed by atoms with Crippen molar-refractivity contribution in [1.82, 2.24) is 0 Å². The molecule has 5 nitrogen and oxygen atoms in total. The number of hydrogen-bond acceptors (Lipinski definition) is 6. The number of hydrogen-bond donors (Lipinski definition) is 0. The highest BCUT2D eigenvalue weighted by atomic mass is 32.1. The minimum absolute atomic E-state index is 0.0525. The lowest BCUT2D eigenvalue weighted by molar-refractivity contribution is 0.0596. The third-order valence-electron chi connectivity index (χ3n) is 4.45. The predicted molar refractivity (Wildman–Crippen MR) is 91.5 cm³/mol. The first-order chi connectivity index (χ1) is 11.1. The van der Waals surface area contributed by atoms with E-state index in [-0.39, 0.29) is 5.56 Å². The molecule has 23 heavy (non-hydrogen) atoms. The van der Waals surface area contributed by atoms with Crippen molar-refractivity contribution < 1.29 is 13.9 Å². The van der Waals surface area contributed by atoms with Gasteiger partial charge in [-0.25, -0.2) is 9.59 Å². The standard InChI is InChI=1S/C17H21NO4S/c1-18(10-11-6-4-3-5-7-11)15-9-13-14(23-15)8-12(16(19)21-2)17(20)22-13/h8-9,11H,3-7,10H2,1-2H3. The van der Waals surface area contributed by atoms with Gasteiger partial charge < -0.3 is 14.1 Å². The molecule has 1 aliphatic carbocycles. The van der Waals surface area contributed by atoms with Crippen LogP contribution in [0.25, 0.3) is 10.3 Å². The molecular formula is C17H21NO4S. The van der Waals surface area contributed by atoms with Crippen LogP contribution in [0, 0.1) is 5.92 Å². The highest BCUT2D eigenvalue weighted by Crippen LogP contribution is 2.33. The number of thiophene rings is 1. The Morgan fingerprint density at radius 1 is 1.35 bits per heavy atom.